The molecule has 4 aromatic heterocycles. The molecule has 11 nitrogen and oxygen atoms in total. The maximum atomic E-state index is 14.0. The van der Waals surface area contributed by atoms with Crippen LogP contribution in [0.5, 0.6) is 5.75 Å². The lowest BCUT2D eigenvalue weighted by Gasteiger charge is -2.11. The number of ether oxygens (including phenoxy) is 1. The molecule has 2 aromatic carbocycles. The number of aromatic nitrogens is 4. The molecule has 48 heavy (non-hydrogen) atoms. The Balaban J connectivity index is 0.000000190. The lowest BCUT2D eigenvalue weighted by Crippen LogP contribution is -2.17. The van der Waals surface area contributed by atoms with Gasteiger partial charge in [0.15, 0.2) is 5.82 Å². The van der Waals surface area contributed by atoms with Crippen LogP contribution in [-0.4, -0.2) is 43.1 Å². The number of sulfonamides is 2. The molecule has 0 radical (unpaired) electrons. The minimum absolute atomic E-state index is 0.0235. The van der Waals surface area contributed by atoms with Gasteiger partial charge in [-0.05, 0) is 77.2 Å². The first kappa shape index (κ1) is 35.4. The van der Waals surface area contributed by atoms with Crippen LogP contribution in [0.2, 0.25) is 10.3 Å². The second-order valence-corrected chi connectivity index (χ2v) is 14.7. The Morgan fingerprint density at radius 1 is 0.708 bits per heavy atom. The van der Waals surface area contributed by atoms with Crippen molar-refractivity contribution in [3.63, 3.8) is 0 Å². The highest BCUT2D eigenvalue weighted by Gasteiger charge is 2.31. The first-order valence-corrected chi connectivity index (χ1v) is 17.6. The molecule has 6 rings (SSSR count). The number of benzene rings is 2. The van der Waals surface area contributed by atoms with Gasteiger partial charge in [0.25, 0.3) is 20.0 Å². The SMILES string of the molecule is O=S(=O)(Nc1ccc(I)cc1F)c1c[nH]c2nc(Cl)ccc12.O=S(=O)(Nc1ccc(OC(F)(F)F)cc1F)c1c[nH]c2nc(Cl)ccc12. The van der Waals surface area contributed by atoms with Crippen LogP contribution in [0.3, 0.4) is 0 Å². The Labute approximate surface area is 291 Å². The van der Waals surface area contributed by atoms with Gasteiger partial charge in [-0.15, -0.1) is 13.2 Å². The summed E-state index contributed by atoms with van der Waals surface area (Å²) in [5.74, 6) is -2.70. The molecule has 0 spiro atoms. The molecule has 4 heterocycles. The number of halogens is 8. The number of fused-ring (bicyclic) bond motifs is 2. The summed E-state index contributed by atoms with van der Waals surface area (Å²) in [6, 6.07) is 12.1. The van der Waals surface area contributed by atoms with Gasteiger partial charge < -0.3 is 14.7 Å². The fourth-order valence-electron chi connectivity index (χ4n) is 4.10. The van der Waals surface area contributed by atoms with Crippen molar-refractivity contribution in [1.82, 2.24) is 19.9 Å². The third kappa shape index (κ3) is 8.20. The van der Waals surface area contributed by atoms with Crippen molar-refractivity contribution >= 4 is 99.3 Å². The normalized spacial score (nSPS) is 12.1. The van der Waals surface area contributed by atoms with Gasteiger partial charge in [-0.25, -0.2) is 35.6 Å². The Hall–Kier alpha value is -3.92. The number of rotatable bonds is 7. The molecule has 0 bridgehead atoms. The van der Waals surface area contributed by atoms with Gasteiger partial charge >= 0.3 is 6.36 Å². The number of H-pyrrole nitrogens is 2. The van der Waals surface area contributed by atoms with Crippen LogP contribution < -0.4 is 14.2 Å². The predicted octanol–water partition coefficient (Wildman–Crippen LogP) is 7.82. The van der Waals surface area contributed by atoms with Crippen LogP contribution in [0.1, 0.15) is 0 Å². The lowest BCUT2D eigenvalue weighted by molar-refractivity contribution is -0.274. The Kier molecular flexibility index (Phi) is 9.98. The molecule has 0 unspecified atom stereocenters. The van der Waals surface area contributed by atoms with Crippen molar-refractivity contribution in [2.45, 2.75) is 16.2 Å². The van der Waals surface area contributed by atoms with E-state index in [4.69, 9.17) is 23.2 Å². The van der Waals surface area contributed by atoms with Crippen molar-refractivity contribution in [1.29, 1.82) is 0 Å². The zero-order chi connectivity index (χ0) is 35.0. The van der Waals surface area contributed by atoms with E-state index in [1.807, 2.05) is 27.3 Å². The van der Waals surface area contributed by atoms with Crippen LogP contribution in [0.4, 0.5) is 33.3 Å². The fourth-order valence-corrected chi connectivity index (χ4v) is 7.32. The molecule has 21 heteroatoms. The predicted molar refractivity (Wildman–Crippen MR) is 176 cm³/mol. The fraction of sp³-hybridized carbons (Fsp3) is 0.0370. The third-order valence-corrected chi connectivity index (χ3v) is 10.0. The third-order valence-electron chi connectivity index (χ3n) is 6.11. The van der Waals surface area contributed by atoms with Gasteiger partial charge in [0, 0.05) is 32.8 Å². The van der Waals surface area contributed by atoms with Crippen LogP contribution in [0.15, 0.2) is 82.8 Å². The smallest absolute Gasteiger partial charge is 0.406 e. The number of nitrogens with zero attached hydrogens (tertiary/aromatic N) is 2. The largest absolute Gasteiger partial charge is 0.573 e. The average Bonchev–Trinajstić information content (AvgIpc) is 3.60. The van der Waals surface area contributed by atoms with Crippen LogP contribution in [-0.2, 0) is 20.0 Å². The molecule has 0 aliphatic carbocycles. The summed E-state index contributed by atoms with van der Waals surface area (Å²) < 4.78 is 122. The van der Waals surface area contributed by atoms with Crippen molar-refractivity contribution in [3.8, 4) is 5.75 Å². The molecule has 0 amide bonds. The van der Waals surface area contributed by atoms with Crippen LogP contribution in [0, 0.1) is 15.2 Å². The van der Waals surface area contributed by atoms with Crippen molar-refractivity contribution in [3.05, 3.63) is 98.6 Å². The maximum Gasteiger partial charge on any atom is 0.573 e. The van der Waals surface area contributed by atoms with E-state index in [0.29, 0.717) is 20.7 Å². The highest BCUT2D eigenvalue weighted by Crippen LogP contribution is 2.30. The molecule has 0 saturated carbocycles. The highest BCUT2D eigenvalue weighted by atomic mass is 127. The van der Waals surface area contributed by atoms with E-state index < -0.39 is 49.5 Å². The molecule has 0 aliphatic heterocycles. The molecule has 252 valence electrons. The highest BCUT2D eigenvalue weighted by molar-refractivity contribution is 14.1. The zero-order valence-corrected chi connectivity index (χ0v) is 28.5. The Morgan fingerprint density at radius 3 is 1.60 bits per heavy atom. The summed E-state index contributed by atoms with van der Waals surface area (Å²) in [6.45, 7) is 0. The average molecular weight is 861 g/mol. The Morgan fingerprint density at radius 2 is 1.17 bits per heavy atom. The summed E-state index contributed by atoms with van der Waals surface area (Å²) in [6.07, 6.45) is -2.57. The summed E-state index contributed by atoms with van der Waals surface area (Å²) >= 11 is 13.4. The monoisotopic (exact) mass is 860 g/mol. The van der Waals surface area contributed by atoms with E-state index >= 15 is 0 Å². The molecule has 6 aromatic rings. The number of anilines is 2. The number of hydrogen-bond acceptors (Lipinski definition) is 7. The molecule has 0 aliphatic rings. The van der Waals surface area contributed by atoms with Gasteiger partial charge in [-0.3, -0.25) is 9.44 Å². The minimum Gasteiger partial charge on any atom is -0.406 e. The van der Waals surface area contributed by atoms with Crippen LogP contribution in [0.25, 0.3) is 22.1 Å². The molecule has 4 N–H and O–H groups in total. The minimum atomic E-state index is -4.99. The number of nitrogens with one attached hydrogen (secondary N) is 4. The Bertz CT molecular complexity index is 2390. The van der Waals surface area contributed by atoms with Crippen LogP contribution >= 0.6 is 45.8 Å². The van der Waals surface area contributed by atoms with Crippen molar-refractivity contribution in [2.75, 3.05) is 9.44 Å². The second-order valence-electron chi connectivity index (χ2n) is 9.39. The van der Waals surface area contributed by atoms with E-state index in [1.54, 1.807) is 12.1 Å². The number of aromatic amines is 2. The van der Waals surface area contributed by atoms with Crippen molar-refractivity contribution < 1.29 is 43.5 Å². The lowest BCUT2D eigenvalue weighted by atomic mass is 10.3. The van der Waals surface area contributed by atoms with E-state index in [-0.39, 0.29) is 36.8 Å². The standard InChI is InChI=1S/C14H8ClF4N3O3S.C13H8ClFIN3O2S/c15-12-4-2-8-11(6-20-13(8)21-12)26(23,24)22-10-3-1-7(5-9(10)16)25-14(17,18)19;14-12-4-2-8-11(6-17-13(8)18-12)22(20,21)19-10-3-1-7(16)5-9(10)15/h1-6,22H,(H,20,21);1-6,19H,(H,17,18). The molecular formula is C27H16Cl2F5IN6O5S2. The number of pyridine rings is 2. The number of alkyl halides is 3. The number of hydrogen-bond donors (Lipinski definition) is 4. The quantitative estimate of drug-likeness (QED) is 0.0724. The van der Waals surface area contributed by atoms with Gasteiger partial charge in [0.05, 0.1) is 11.4 Å². The molecule has 0 saturated heterocycles. The van der Waals surface area contributed by atoms with Gasteiger partial charge in [-0.1, -0.05) is 23.2 Å². The maximum absolute atomic E-state index is 14.0. The van der Waals surface area contributed by atoms with E-state index in [0.717, 1.165) is 18.3 Å². The van der Waals surface area contributed by atoms with Gasteiger partial charge in [0.1, 0.15) is 43.0 Å². The van der Waals surface area contributed by atoms with Gasteiger partial charge in [-0.2, -0.15) is 0 Å². The van der Waals surface area contributed by atoms with Crippen molar-refractivity contribution in [2.24, 2.45) is 0 Å². The summed E-state index contributed by atoms with van der Waals surface area (Å²) in [5.41, 5.74) is -0.115. The molecule has 0 atom stereocenters. The summed E-state index contributed by atoms with van der Waals surface area (Å²) in [7, 11) is -8.20. The first-order chi connectivity index (χ1) is 22.4. The van der Waals surface area contributed by atoms with E-state index in [2.05, 4.69) is 29.4 Å². The second kappa shape index (κ2) is 13.5. The molecular weight excluding hydrogens is 845 g/mol. The topological polar surface area (TPSA) is 159 Å². The first-order valence-electron chi connectivity index (χ1n) is 12.7. The molecule has 0 fully saturated rings. The van der Waals surface area contributed by atoms with E-state index in [1.165, 1.54) is 36.5 Å². The summed E-state index contributed by atoms with van der Waals surface area (Å²) in [4.78, 5) is 13.0. The zero-order valence-electron chi connectivity index (χ0n) is 23.2. The van der Waals surface area contributed by atoms with E-state index in [9.17, 15) is 38.8 Å². The summed E-state index contributed by atoms with van der Waals surface area (Å²) in [5, 5.41) is 0.972. The van der Waals surface area contributed by atoms with Gasteiger partial charge in [0.2, 0.25) is 0 Å².